The van der Waals surface area contributed by atoms with Crippen molar-refractivity contribution >= 4 is 28.4 Å². The Morgan fingerprint density at radius 2 is 2.12 bits per heavy atom. The number of carbonyl (C=O) groups is 2. The van der Waals surface area contributed by atoms with Gasteiger partial charge in [-0.15, -0.1) is 0 Å². The number of aliphatic carboxylic acids is 1. The maximum absolute atomic E-state index is 12.1. The van der Waals surface area contributed by atoms with Crippen LogP contribution >= 0.6 is 0 Å². The van der Waals surface area contributed by atoms with E-state index in [1.807, 2.05) is 13.0 Å². The molecule has 1 aromatic carbocycles. The van der Waals surface area contributed by atoms with Crippen molar-refractivity contribution in [3.8, 4) is 5.75 Å². The van der Waals surface area contributed by atoms with Gasteiger partial charge in [-0.25, -0.2) is 4.79 Å². The van der Waals surface area contributed by atoms with Crippen molar-refractivity contribution in [2.24, 2.45) is 0 Å². The molecule has 1 unspecified atom stereocenters. The second-order valence-corrected chi connectivity index (χ2v) is 5.60. The molecule has 0 fully saturated rings. The minimum Gasteiger partial charge on any atom is -0.496 e. The van der Waals surface area contributed by atoms with Crippen LogP contribution in [0.25, 0.3) is 16.5 Å². The van der Waals surface area contributed by atoms with Crippen LogP contribution in [0.3, 0.4) is 0 Å². The molecule has 24 heavy (non-hydrogen) atoms. The third-order valence-electron chi connectivity index (χ3n) is 3.88. The summed E-state index contributed by atoms with van der Waals surface area (Å²) in [6, 6.07) is 2.78. The lowest BCUT2D eigenvalue weighted by Gasteiger charge is -2.12. The number of fused-ring (bicyclic) bond motifs is 1. The Morgan fingerprint density at radius 1 is 1.42 bits per heavy atom. The van der Waals surface area contributed by atoms with Crippen LogP contribution < -0.4 is 10.1 Å². The minimum absolute atomic E-state index is 0.317. The largest absolute Gasteiger partial charge is 0.496 e. The quantitative estimate of drug-likeness (QED) is 0.794. The normalized spacial score (nSPS) is 12.9. The van der Waals surface area contributed by atoms with Crippen LogP contribution in [-0.2, 0) is 9.59 Å². The highest BCUT2D eigenvalue weighted by Gasteiger charge is 2.17. The van der Waals surface area contributed by atoms with Crippen molar-refractivity contribution in [2.45, 2.75) is 33.2 Å². The van der Waals surface area contributed by atoms with Crippen molar-refractivity contribution in [2.75, 3.05) is 7.11 Å². The molecule has 1 aromatic heterocycles. The highest BCUT2D eigenvalue weighted by molar-refractivity contribution is 5.98. The fourth-order valence-corrected chi connectivity index (χ4v) is 2.49. The van der Waals surface area contributed by atoms with Gasteiger partial charge in [-0.2, -0.15) is 0 Å². The van der Waals surface area contributed by atoms with Crippen LogP contribution in [0.2, 0.25) is 0 Å². The van der Waals surface area contributed by atoms with Gasteiger partial charge in [-0.05, 0) is 37.5 Å². The van der Waals surface area contributed by atoms with E-state index in [0.717, 1.165) is 16.5 Å². The van der Waals surface area contributed by atoms with E-state index in [2.05, 4.69) is 5.32 Å². The number of rotatable bonds is 6. The Kier molecular flexibility index (Phi) is 5.28. The lowest BCUT2D eigenvalue weighted by molar-refractivity contribution is -0.141. The maximum Gasteiger partial charge on any atom is 0.326 e. The molecule has 6 nitrogen and oxygen atoms in total. The van der Waals surface area contributed by atoms with E-state index in [4.69, 9.17) is 14.3 Å². The average molecular weight is 331 g/mol. The number of carboxylic acid groups (broad SMARTS) is 1. The Labute approximate surface area is 140 Å². The molecular formula is C18H21NO5. The first-order valence-electron chi connectivity index (χ1n) is 7.65. The zero-order valence-corrected chi connectivity index (χ0v) is 14.2. The van der Waals surface area contributed by atoms with Gasteiger partial charge in [0.1, 0.15) is 17.4 Å². The van der Waals surface area contributed by atoms with E-state index in [1.165, 1.54) is 6.08 Å². The topological polar surface area (TPSA) is 88.8 Å². The van der Waals surface area contributed by atoms with Crippen molar-refractivity contribution < 1.29 is 23.8 Å². The van der Waals surface area contributed by atoms with Crippen molar-refractivity contribution in [1.29, 1.82) is 0 Å². The number of amides is 1. The molecule has 0 bridgehead atoms. The number of hydrogen-bond acceptors (Lipinski definition) is 4. The fourth-order valence-electron chi connectivity index (χ4n) is 2.49. The van der Waals surface area contributed by atoms with Crippen molar-refractivity contribution in [3.05, 3.63) is 35.6 Å². The number of benzene rings is 1. The second-order valence-electron chi connectivity index (χ2n) is 5.60. The molecule has 2 N–H and O–H groups in total. The summed E-state index contributed by atoms with van der Waals surface area (Å²) in [5, 5.41) is 12.4. The van der Waals surface area contributed by atoms with E-state index in [1.54, 1.807) is 33.3 Å². The summed E-state index contributed by atoms with van der Waals surface area (Å²) in [4.78, 5) is 23.1. The van der Waals surface area contributed by atoms with E-state index in [9.17, 15) is 9.59 Å². The molecule has 0 aliphatic heterocycles. The molecule has 0 spiro atoms. The number of nitrogens with one attached hydrogen (secondary N) is 1. The van der Waals surface area contributed by atoms with Crippen LogP contribution in [0.5, 0.6) is 5.75 Å². The van der Waals surface area contributed by atoms with Crippen molar-refractivity contribution in [3.63, 3.8) is 0 Å². The predicted molar refractivity (Wildman–Crippen MR) is 91.0 cm³/mol. The number of allylic oxidation sites excluding steroid dienone is 1. The summed E-state index contributed by atoms with van der Waals surface area (Å²) in [5.41, 5.74) is 3.13. The zero-order valence-electron chi connectivity index (χ0n) is 14.2. The summed E-state index contributed by atoms with van der Waals surface area (Å²) in [5.74, 6) is -0.915. The van der Waals surface area contributed by atoms with Gasteiger partial charge in [0, 0.05) is 23.1 Å². The highest BCUT2D eigenvalue weighted by Crippen LogP contribution is 2.33. The Balaban J connectivity index is 2.35. The monoisotopic (exact) mass is 331 g/mol. The fraction of sp³-hybridized carbons (Fsp3) is 0.333. The number of ether oxygens (including phenoxy) is 1. The predicted octanol–water partition coefficient (Wildman–Crippen LogP) is 3.13. The summed E-state index contributed by atoms with van der Waals surface area (Å²) in [6.45, 7) is 5.42. The minimum atomic E-state index is -1.05. The second kappa shape index (κ2) is 7.21. The van der Waals surface area contributed by atoms with Gasteiger partial charge in [-0.3, -0.25) is 4.79 Å². The Bertz CT molecular complexity index is 803. The summed E-state index contributed by atoms with van der Waals surface area (Å²) >= 11 is 0. The average Bonchev–Trinajstić information content (AvgIpc) is 2.91. The number of carboxylic acids is 1. The number of hydrogen-bond donors (Lipinski definition) is 2. The standard InChI is InChI=1S/C18H21NO5/c1-5-14(18(21)22)19-17(20)6-10(2)12-7-13-11(3)9-24-16(13)8-15(12)23-4/h6-9,14H,5H2,1-4H3,(H,19,20)(H,21,22)/b10-6+. The van der Waals surface area contributed by atoms with Gasteiger partial charge in [-0.1, -0.05) is 6.92 Å². The molecular weight excluding hydrogens is 310 g/mol. The van der Waals surface area contributed by atoms with Gasteiger partial charge in [0.2, 0.25) is 5.91 Å². The lowest BCUT2D eigenvalue weighted by Crippen LogP contribution is -2.39. The number of methoxy groups -OCH3 is 1. The maximum atomic E-state index is 12.1. The molecule has 2 aromatic rings. The molecule has 0 aliphatic carbocycles. The van der Waals surface area contributed by atoms with E-state index in [-0.39, 0.29) is 0 Å². The van der Waals surface area contributed by atoms with Gasteiger partial charge >= 0.3 is 5.97 Å². The van der Waals surface area contributed by atoms with Gasteiger partial charge < -0.3 is 19.6 Å². The zero-order chi connectivity index (χ0) is 17.9. The van der Waals surface area contributed by atoms with Crippen LogP contribution in [0.1, 0.15) is 31.4 Å². The van der Waals surface area contributed by atoms with E-state index >= 15 is 0 Å². The molecule has 1 heterocycles. The SMILES string of the molecule is CCC(NC(=O)/C=C(\C)c1cc2c(C)coc2cc1OC)C(=O)O. The molecule has 128 valence electrons. The third-order valence-corrected chi connectivity index (χ3v) is 3.88. The first-order chi connectivity index (χ1) is 11.4. The number of carbonyl (C=O) groups excluding carboxylic acids is 1. The molecule has 2 rings (SSSR count). The molecule has 1 atom stereocenters. The Hall–Kier alpha value is -2.76. The molecule has 6 heteroatoms. The van der Waals surface area contributed by atoms with E-state index in [0.29, 0.717) is 23.3 Å². The summed E-state index contributed by atoms with van der Waals surface area (Å²) in [6.07, 6.45) is 3.36. The van der Waals surface area contributed by atoms with Gasteiger partial charge in [0.25, 0.3) is 0 Å². The van der Waals surface area contributed by atoms with Crippen LogP contribution in [0.15, 0.2) is 28.9 Å². The smallest absolute Gasteiger partial charge is 0.326 e. The number of furan rings is 1. The first kappa shape index (κ1) is 17.6. The Morgan fingerprint density at radius 3 is 2.71 bits per heavy atom. The molecule has 0 saturated carbocycles. The van der Waals surface area contributed by atoms with Crippen LogP contribution in [0, 0.1) is 6.92 Å². The third kappa shape index (κ3) is 3.59. The lowest BCUT2D eigenvalue weighted by atomic mass is 10.0. The summed E-state index contributed by atoms with van der Waals surface area (Å²) in [7, 11) is 1.55. The molecule has 1 amide bonds. The summed E-state index contributed by atoms with van der Waals surface area (Å²) < 4.78 is 10.8. The molecule has 0 aliphatic rings. The van der Waals surface area contributed by atoms with Gasteiger partial charge in [0.05, 0.1) is 13.4 Å². The highest BCUT2D eigenvalue weighted by atomic mass is 16.5. The molecule has 0 radical (unpaired) electrons. The first-order valence-corrected chi connectivity index (χ1v) is 7.65. The van der Waals surface area contributed by atoms with Gasteiger partial charge in [0.15, 0.2) is 0 Å². The van der Waals surface area contributed by atoms with Crippen LogP contribution in [-0.4, -0.2) is 30.1 Å². The van der Waals surface area contributed by atoms with Crippen LogP contribution in [0.4, 0.5) is 0 Å². The molecule has 0 saturated heterocycles. The number of aryl methyl sites for hydroxylation is 1. The van der Waals surface area contributed by atoms with Crippen molar-refractivity contribution in [1.82, 2.24) is 5.32 Å². The van der Waals surface area contributed by atoms with E-state index < -0.39 is 17.9 Å².